The van der Waals surface area contributed by atoms with E-state index in [-0.39, 0.29) is 11.5 Å². The third kappa shape index (κ3) is 4.50. The Bertz CT molecular complexity index is 515. The molecule has 0 spiro atoms. The van der Waals surface area contributed by atoms with Crippen LogP contribution in [-0.4, -0.2) is 52.8 Å². The molecule has 1 aliphatic rings. The van der Waals surface area contributed by atoms with E-state index in [1.165, 1.54) is 12.1 Å². The number of hydrogen-bond donors (Lipinski definition) is 1. The average Bonchev–Trinajstić information content (AvgIpc) is 2.45. The van der Waals surface area contributed by atoms with Crippen LogP contribution in [0.2, 0.25) is 0 Å². The quantitative estimate of drug-likeness (QED) is 0.607. The summed E-state index contributed by atoms with van der Waals surface area (Å²) in [6.45, 7) is 3.85. The summed E-state index contributed by atoms with van der Waals surface area (Å²) in [5.41, 5.74) is 0. The van der Waals surface area contributed by atoms with E-state index in [0.717, 1.165) is 25.2 Å². The van der Waals surface area contributed by atoms with Crippen LogP contribution >= 0.6 is 0 Å². The van der Waals surface area contributed by atoms with Gasteiger partial charge in [-0.25, -0.2) is 12.8 Å². The highest BCUT2D eigenvalue weighted by molar-refractivity contribution is 7.89. The first-order valence-corrected chi connectivity index (χ1v) is 7.75. The number of morpholine rings is 1. The fraction of sp³-hybridized carbons (Fsp3) is 0.500. The van der Waals surface area contributed by atoms with Gasteiger partial charge >= 0.3 is 0 Å². The topological polar surface area (TPSA) is 67.9 Å². The molecular weight excluding hydrogens is 287 g/mol. The third-order valence-electron chi connectivity index (χ3n) is 2.91. The maximum Gasteiger partial charge on any atom is 0.262 e. The zero-order valence-corrected chi connectivity index (χ0v) is 11.7. The SMILES string of the molecule is O=S(=O)(NOCCN1CCOCC1)c1ccc(F)cc1. The minimum Gasteiger partial charge on any atom is -0.379 e. The molecule has 1 aromatic carbocycles. The fourth-order valence-electron chi connectivity index (χ4n) is 1.78. The lowest BCUT2D eigenvalue weighted by molar-refractivity contribution is 0.0125. The van der Waals surface area contributed by atoms with Crippen molar-refractivity contribution in [1.29, 1.82) is 0 Å². The first-order chi connectivity index (χ1) is 9.58. The first-order valence-electron chi connectivity index (χ1n) is 6.27. The normalized spacial score (nSPS) is 17.2. The third-order valence-corrected chi connectivity index (χ3v) is 4.14. The van der Waals surface area contributed by atoms with E-state index in [1.54, 1.807) is 0 Å². The van der Waals surface area contributed by atoms with E-state index in [9.17, 15) is 12.8 Å². The zero-order valence-electron chi connectivity index (χ0n) is 10.9. The van der Waals surface area contributed by atoms with Crippen molar-refractivity contribution in [2.24, 2.45) is 0 Å². The molecule has 0 amide bonds. The average molecular weight is 304 g/mol. The van der Waals surface area contributed by atoms with E-state index >= 15 is 0 Å². The molecule has 0 saturated carbocycles. The Morgan fingerprint density at radius 3 is 2.55 bits per heavy atom. The van der Waals surface area contributed by atoms with Gasteiger partial charge in [0.2, 0.25) is 0 Å². The molecular formula is C12H17FN2O4S. The van der Waals surface area contributed by atoms with Crippen LogP contribution in [0.1, 0.15) is 0 Å². The Labute approximate surface area is 117 Å². The highest BCUT2D eigenvalue weighted by Gasteiger charge is 2.15. The minimum atomic E-state index is -3.76. The second-order valence-electron chi connectivity index (χ2n) is 4.34. The Kier molecular flexibility index (Phi) is 5.44. The number of halogens is 1. The minimum absolute atomic E-state index is 0.0368. The number of sulfonamides is 1. The molecule has 2 rings (SSSR count). The number of hydrogen-bond acceptors (Lipinski definition) is 5. The molecule has 0 bridgehead atoms. The number of benzene rings is 1. The maximum absolute atomic E-state index is 12.7. The van der Waals surface area contributed by atoms with Crippen molar-refractivity contribution in [1.82, 2.24) is 9.79 Å². The highest BCUT2D eigenvalue weighted by Crippen LogP contribution is 2.09. The predicted molar refractivity (Wildman–Crippen MR) is 69.9 cm³/mol. The summed E-state index contributed by atoms with van der Waals surface area (Å²) >= 11 is 0. The molecule has 20 heavy (non-hydrogen) atoms. The fourth-order valence-corrected chi connectivity index (χ4v) is 2.61. The first kappa shape index (κ1) is 15.3. The van der Waals surface area contributed by atoms with E-state index in [4.69, 9.17) is 9.57 Å². The van der Waals surface area contributed by atoms with Crippen LogP contribution in [0.3, 0.4) is 0 Å². The Hall–Kier alpha value is -1.06. The molecule has 1 N–H and O–H groups in total. The molecule has 6 nitrogen and oxygen atoms in total. The molecule has 0 aliphatic carbocycles. The Morgan fingerprint density at radius 1 is 1.25 bits per heavy atom. The Balaban J connectivity index is 1.76. The summed E-state index contributed by atoms with van der Waals surface area (Å²) in [6, 6.07) is 4.54. The number of nitrogens with zero attached hydrogens (tertiary/aromatic N) is 1. The van der Waals surface area contributed by atoms with Crippen LogP contribution in [0, 0.1) is 5.82 Å². The van der Waals surface area contributed by atoms with Crippen LogP contribution in [0.4, 0.5) is 4.39 Å². The predicted octanol–water partition coefficient (Wildman–Crippen LogP) is 0.368. The van der Waals surface area contributed by atoms with E-state index in [0.29, 0.717) is 19.8 Å². The van der Waals surface area contributed by atoms with Crippen LogP contribution in [0.25, 0.3) is 0 Å². The summed E-state index contributed by atoms with van der Waals surface area (Å²) in [6.07, 6.45) is 0. The summed E-state index contributed by atoms with van der Waals surface area (Å²) in [4.78, 5) is 9.08. The van der Waals surface area contributed by atoms with Crippen LogP contribution in [-0.2, 0) is 19.6 Å². The van der Waals surface area contributed by atoms with Crippen molar-refractivity contribution >= 4 is 10.0 Å². The molecule has 0 unspecified atom stereocenters. The van der Waals surface area contributed by atoms with Gasteiger partial charge in [0.1, 0.15) is 5.82 Å². The zero-order chi connectivity index (χ0) is 14.4. The molecule has 0 aromatic heterocycles. The molecule has 1 fully saturated rings. The lowest BCUT2D eigenvalue weighted by atomic mass is 10.4. The van der Waals surface area contributed by atoms with Crippen molar-refractivity contribution in [2.75, 3.05) is 39.5 Å². The van der Waals surface area contributed by atoms with Crippen molar-refractivity contribution in [3.05, 3.63) is 30.1 Å². The summed E-state index contributed by atoms with van der Waals surface area (Å²) in [7, 11) is -3.76. The van der Waals surface area contributed by atoms with Gasteiger partial charge in [-0.2, -0.15) is 0 Å². The molecule has 0 atom stereocenters. The van der Waals surface area contributed by atoms with Crippen molar-refractivity contribution in [3.8, 4) is 0 Å². The van der Waals surface area contributed by atoms with Gasteiger partial charge in [0.05, 0.1) is 24.7 Å². The second kappa shape index (κ2) is 7.09. The molecule has 112 valence electrons. The molecule has 1 saturated heterocycles. The van der Waals surface area contributed by atoms with Gasteiger partial charge in [-0.15, -0.1) is 0 Å². The highest BCUT2D eigenvalue weighted by atomic mass is 32.2. The molecule has 0 radical (unpaired) electrons. The number of ether oxygens (including phenoxy) is 1. The van der Waals surface area contributed by atoms with Gasteiger partial charge < -0.3 is 4.74 Å². The Morgan fingerprint density at radius 2 is 1.90 bits per heavy atom. The monoisotopic (exact) mass is 304 g/mol. The summed E-state index contributed by atoms with van der Waals surface area (Å²) in [5.74, 6) is -0.489. The second-order valence-corrected chi connectivity index (χ2v) is 5.99. The van der Waals surface area contributed by atoms with Gasteiger partial charge in [-0.1, -0.05) is 4.89 Å². The van der Waals surface area contributed by atoms with Crippen LogP contribution in [0.5, 0.6) is 0 Å². The van der Waals surface area contributed by atoms with E-state index < -0.39 is 15.8 Å². The number of rotatable bonds is 6. The largest absolute Gasteiger partial charge is 0.379 e. The molecule has 1 aromatic rings. The van der Waals surface area contributed by atoms with Gasteiger partial charge in [0.15, 0.2) is 0 Å². The number of nitrogens with one attached hydrogen (secondary N) is 1. The van der Waals surface area contributed by atoms with Gasteiger partial charge in [0.25, 0.3) is 10.0 Å². The van der Waals surface area contributed by atoms with E-state index in [1.807, 2.05) is 4.89 Å². The molecule has 8 heteroatoms. The smallest absolute Gasteiger partial charge is 0.262 e. The van der Waals surface area contributed by atoms with Gasteiger partial charge in [-0.05, 0) is 24.3 Å². The van der Waals surface area contributed by atoms with Crippen LogP contribution < -0.4 is 4.89 Å². The lowest BCUT2D eigenvalue weighted by Gasteiger charge is -2.26. The lowest BCUT2D eigenvalue weighted by Crippen LogP contribution is -2.39. The summed E-state index contributed by atoms with van der Waals surface area (Å²) < 4.78 is 41.5. The maximum atomic E-state index is 12.7. The van der Waals surface area contributed by atoms with Crippen molar-refractivity contribution in [2.45, 2.75) is 4.90 Å². The van der Waals surface area contributed by atoms with Gasteiger partial charge in [-0.3, -0.25) is 9.74 Å². The van der Waals surface area contributed by atoms with E-state index in [2.05, 4.69) is 4.90 Å². The summed E-state index contributed by atoms with van der Waals surface area (Å²) in [5, 5.41) is 0. The molecule has 1 heterocycles. The van der Waals surface area contributed by atoms with Crippen molar-refractivity contribution < 1.29 is 22.4 Å². The molecule has 1 aliphatic heterocycles. The van der Waals surface area contributed by atoms with Gasteiger partial charge in [0, 0.05) is 19.6 Å². The van der Waals surface area contributed by atoms with Crippen LogP contribution in [0.15, 0.2) is 29.2 Å². The standard InChI is InChI=1S/C12H17FN2O4S/c13-11-1-3-12(4-2-11)20(16,17)14-19-10-7-15-5-8-18-9-6-15/h1-4,14H,5-10H2. The van der Waals surface area contributed by atoms with Crippen molar-refractivity contribution in [3.63, 3.8) is 0 Å².